The Hall–Kier alpha value is -1.92. The summed E-state index contributed by atoms with van der Waals surface area (Å²) in [5, 5.41) is 14.1. The standard InChI is InChI=1S/C14H11N3OS.BrH/c15-14-17(16-9-12-7-4-8-18-12)13(10-19-14)11-5-2-1-3-6-11;/h1-10,15H;1H. The molecule has 0 atom stereocenters. The average Bonchev–Trinajstić information content (AvgIpc) is 3.07. The predicted molar refractivity (Wildman–Crippen MR) is 85.6 cm³/mol. The molecule has 4 nitrogen and oxygen atoms in total. The maximum atomic E-state index is 7.91. The minimum atomic E-state index is 0. The zero-order valence-corrected chi connectivity index (χ0v) is 12.9. The Balaban J connectivity index is 0.00000147. The molecule has 102 valence electrons. The van der Waals surface area contributed by atoms with Crippen LogP contribution in [0.3, 0.4) is 0 Å². The van der Waals surface area contributed by atoms with Crippen LogP contribution in [-0.4, -0.2) is 10.9 Å². The van der Waals surface area contributed by atoms with E-state index in [0.29, 0.717) is 10.6 Å². The summed E-state index contributed by atoms with van der Waals surface area (Å²) in [4.78, 5) is 0.377. The minimum Gasteiger partial charge on any atom is -0.463 e. The number of hydrogen-bond donors (Lipinski definition) is 1. The molecule has 2 aromatic heterocycles. The van der Waals surface area contributed by atoms with Crippen LogP contribution < -0.4 is 4.80 Å². The monoisotopic (exact) mass is 349 g/mol. The van der Waals surface area contributed by atoms with Gasteiger partial charge in [0.05, 0.1) is 18.2 Å². The van der Waals surface area contributed by atoms with E-state index in [4.69, 9.17) is 9.83 Å². The van der Waals surface area contributed by atoms with Crippen molar-refractivity contribution in [2.45, 2.75) is 0 Å². The summed E-state index contributed by atoms with van der Waals surface area (Å²) >= 11 is 1.35. The van der Waals surface area contributed by atoms with Gasteiger partial charge in [-0.25, -0.2) is 4.68 Å². The Kier molecular flexibility index (Phi) is 4.70. The van der Waals surface area contributed by atoms with Crippen molar-refractivity contribution in [2.75, 3.05) is 0 Å². The Morgan fingerprint density at radius 3 is 2.65 bits per heavy atom. The van der Waals surface area contributed by atoms with Crippen LogP contribution in [0.1, 0.15) is 5.76 Å². The molecule has 0 aliphatic heterocycles. The summed E-state index contributed by atoms with van der Waals surface area (Å²) in [5.74, 6) is 0.664. The van der Waals surface area contributed by atoms with Gasteiger partial charge in [-0.3, -0.25) is 5.41 Å². The summed E-state index contributed by atoms with van der Waals surface area (Å²) in [6.45, 7) is 0. The zero-order chi connectivity index (χ0) is 13.1. The lowest BCUT2D eigenvalue weighted by Crippen LogP contribution is -2.09. The quantitative estimate of drug-likeness (QED) is 0.719. The fourth-order valence-corrected chi connectivity index (χ4v) is 2.42. The van der Waals surface area contributed by atoms with Gasteiger partial charge in [0.25, 0.3) is 0 Å². The van der Waals surface area contributed by atoms with Gasteiger partial charge in [-0.1, -0.05) is 30.3 Å². The summed E-state index contributed by atoms with van der Waals surface area (Å²) in [6, 6.07) is 13.5. The third kappa shape index (κ3) is 2.97. The third-order valence-electron chi connectivity index (χ3n) is 2.62. The van der Waals surface area contributed by atoms with Crippen molar-refractivity contribution in [3.05, 3.63) is 64.7 Å². The molecule has 3 aromatic rings. The molecule has 0 radical (unpaired) electrons. The molecule has 0 aliphatic carbocycles. The molecule has 20 heavy (non-hydrogen) atoms. The summed E-state index contributed by atoms with van der Waals surface area (Å²) in [5.41, 5.74) is 1.94. The van der Waals surface area contributed by atoms with Crippen LogP contribution in [0.5, 0.6) is 0 Å². The van der Waals surface area contributed by atoms with Crippen LogP contribution in [0, 0.1) is 5.41 Å². The normalized spacial score (nSPS) is 10.6. The highest BCUT2D eigenvalue weighted by Gasteiger charge is 2.05. The highest BCUT2D eigenvalue weighted by molar-refractivity contribution is 8.93. The van der Waals surface area contributed by atoms with Crippen LogP contribution in [0.2, 0.25) is 0 Å². The van der Waals surface area contributed by atoms with Crippen molar-refractivity contribution in [1.82, 2.24) is 4.68 Å². The maximum Gasteiger partial charge on any atom is 0.203 e. The lowest BCUT2D eigenvalue weighted by molar-refractivity contribution is 0.559. The molecule has 0 amide bonds. The summed E-state index contributed by atoms with van der Waals surface area (Å²) in [7, 11) is 0. The molecule has 1 aromatic carbocycles. The SMILES string of the molecule is Br.N=c1scc(-c2ccccc2)n1N=Cc1ccco1. The van der Waals surface area contributed by atoms with Gasteiger partial charge in [-0.15, -0.1) is 28.3 Å². The van der Waals surface area contributed by atoms with E-state index in [-0.39, 0.29) is 17.0 Å². The van der Waals surface area contributed by atoms with Gasteiger partial charge in [0, 0.05) is 10.9 Å². The molecule has 0 bridgehead atoms. The number of thiazole rings is 1. The lowest BCUT2D eigenvalue weighted by Gasteiger charge is -2.01. The molecular weight excluding hydrogens is 338 g/mol. The molecule has 1 N–H and O–H groups in total. The number of rotatable bonds is 3. The van der Waals surface area contributed by atoms with Gasteiger partial charge in [0.2, 0.25) is 4.80 Å². The van der Waals surface area contributed by atoms with Crippen molar-refractivity contribution in [2.24, 2.45) is 5.10 Å². The molecule has 6 heteroatoms. The van der Waals surface area contributed by atoms with Crippen molar-refractivity contribution in [1.29, 1.82) is 5.41 Å². The van der Waals surface area contributed by atoms with Crippen molar-refractivity contribution >= 4 is 34.5 Å². The average molecular weight is 350 g/mol. The lowest BCUT2D eigenvalue weighted by atomic mass is 10.2. The maximum absolute atomic E-state index is 7.91. The minimum absolute atomic E-state index is 0. The number of hydrogen-bond acceptors (Lipinski definition) is 4. The summed E-state index contributed by atoms with van der Waals surface area (Å²) in [6.07, 6.45) is 3.20. The molecular formula is C14H12BrN3OS. The fourth-order valence-electron chi connectivity index (χ4n) is 1.71. The number of nitrogens with one attached hydrogen (secondary N) is 1. The van der Waals surface area contributed by atoms with Crippen LogP contribution in [-0.2, 0) is 0 Å². The number of halogens is 1. The van der Waals surface area contributed by atoms with E-state index in [1.54, 1.807) is 23.2 Å². The molecule has 0 unspecified atom stereocenters. The summed E-state index contributed by atoms with van der Waals surface area (Å²) < 4.78 is 6.80. The number of nitrogens with zero attached hydrogens (tertiary/aromatic N) is 2. The molecule has 0 spiro atoms. The Labute approximate surface area is 130 Å². The van der Waals surface area contributed by atoms with E-state index < -0.39 is 0 Å². The van der Waals surface area contributed by atoms with E-state index in [2.05, 4.69) is 5.10 Å². The van der Waals surface area contributed by atoms with Gasteiger partial charge in [0.15, 0.2) is 0 Å². The van der Waals surface area contributed by atoms with Crippen LogP contribution in [0.25, 0.3) is 11.3 Å². The Morgan fingerprint density at radius 2 is 1.95 bits per heavy atom. The first-order chi connectivity index (χ1) is 9.34. The number of benzene rings is 1. The fraction of sp³-hybridized carbons (Fsp3) is 0. The molecule has 3 rings (SSSR count). The number of furan rings is 1. The van der Waals surface area contributed by atoms with Crippen molar-refractivity contribution in [3.63, 3.8) is 0 Å². The van der Waals surface area contributed by atoms with Gasteiger partial charge < -0.3 is 4.42 Å². The van der Waals surface area contributed by atoms with Crippen LogP contribution in [0.4, 0.5) is 0 Å². The van der Waals surface area contributed by atoms with Crippen molar-refractivity contribution < 1.29 is 4.42 Å². The van der Waals surface area contributed by atoms with Gasteiger partial charge in [0.1, 0.15) is 5.76 Å². The highest BCUT2D eigenvalue weighted by atomic mass is 79.9. The van der Waals surface area contributed by atoms with E-state index >= 15 is 0 Å². The predicted octanol–water partition coefficient (Wildman–Crippen LogP) is 3.75. The third-order valence-corrected chi connectivity index (χ3v) is 3.35. The first-order valence-electron chi connectivity index (χ1n) is 5.73. The second-order valence-electron chi connectivity index (χ2n) is 3.86. The molecule has 0 fully saturated rings. The van der Waals surface area contributed by atoms with E-state index in [0.717, 1.165) is 11.3 Å². The topological polar surface area (TPSA) is 54.3 Å². The van der Waals surface area contributed by atoms with E-state index in [1.807, 2.05) is 41.8 Å². The van der Waals surface area contributed by atoms with E-state index in [1.165, 1.54) is 11.3 Å². The first-order valence-corrected chi connectivity index (χ1v) is 6.61. The first kappa shape index (κ1) is 14.5. The largest absolute Gasteiger partial charge is 0.463 e. The molecule has 0 saturated carbocycles. The van der Waals surface area contributed by atoms with Gasteiger partial charge in [-0.05, 0) is 12.1 Å². The molecule has 0 saturated heterocycles. The smallest absolute Gasteiger partial charge is 0.203 e. The number of aromatic nitrogens is 1. The van der Waals surface area contributed by atoms with E-state index in [9.17, 15) is 0 Å². The van der Waals surface area contributed by atoms with Crippen LogP contribution in [0.15, 0.2) is 63.6 Å². The second kappa shape index (κ2) is 6.49. The Morgan fingerprint density at radius 1 is 1.15 bits per heavy atom. The zero-order valence-electron chi connectivity index (χ0n) is 10.4. The Bertz CT molecular complexity index is 744. The van der Waals surface area contributed by atoms with Gasteiger partial charge >= 0.3 is 0 Å². The molecule has 0 aliphatic rings. The van der Waals surface area contributed by atoms with Crippen LogP contribution >= 0.6 is 28.3 Å². The molecule has 2 heterocycles. The second-order valence-corrected chi connectivity index (χ2v) is 4.72. The highest BCUT2D eigenvalue weighted by Crippen LogP contribution is 2.19. The van der Waals surface area contributed by atoms with Gasteiger partial charge in [-0.2, -0.15) is 5.10 Å². The van der Waals surface area contributed by atoms with Crippen molar-refractivity contribution in [3.8, 4) is 11.3 Å².